The summed E-state index contributed by atoms with van der Waals surface area (Å²) in [7, 11) is -1.85. The summed E-state index contributed by atoms with van der Waals surface area (Å²) in [5.74, 6) is 0. The summed E-state index contributed by atoms with van der Waals surface area (Å²) in [5.41, 5.74) is 5.59. The number of nitrogens with zero attached hydrogens (tertiary/aromatic N) is 2. The van der Waals surface area contributed by atoms with Gasteiger partial charge >= 0.3 is 0 Å². The highest BCUT2D eigenvalue weighted by molar-refractivity contribution is 7.89. The Balaban J connectivity index is 2.07. The van der Waals surface area contributed by atoms with Crippen molar-refractivity contribution >= 4 is 10.0 Å². The Bertz CT molecular complexity index is 475. The molecular formula is C9H16N4O2S. The highest BCUT2D eigenvalue weighted by Crippen LogP contribution is 2.43. The molecule has 3 N–H and O–H groups in total. The fourth-order valence-electron chi connectivity index (χ4n) is 1.58. The summed E-state index contributed by atoms with van der Waals surface area (Å²) in [6.07, 6.45) is 3.46. The summed E-state index contributed by atoms with van der Waals surface area (Å²) >= 11 is 0. The summed E-state index contributed by atoms with van der Waals surface area (Å²) < 4.78 is 27.7. The molecule has 6 nitrogen and oxygen atoms in total. The Morgan fingerprint density at radius 2 is 2.31 bits per heavy atom. The van der Waals surface area contributed by atoms with E-state index in [2.05, 4.69) is 9.82 Å². The number of nitrogens with two attached hydrogens (primary N) is 1. The van der Waals surface area contributed by atoms with E-state index in [0.717, 1.165) is 12.8 Å². The molecule has 0 amide bonds. The lowest BCUT2D eigenvalue weighted by Crippen LogP contribution is -2.34. The Morgan fingerprint density at radius 1 is 1.62 bits per heavy atom. The van der Waals surface area contributed by atoms with Crippen LogP contribution in [-0.4, -0.2) is 31.3 Å². The van der Waals surface area contributed by atoms with Gasteiger partial charge < -0.3 is 5.73 Å². The van der Waals surface area contributed by atoms with Crippen LogP contribution in [0.25, 0.3) is 0 Å². The second kappa shape index (κ2) is 3.83. The third-order valence-corrected chi connectivity index (χ3v) is 4.55. The molecule has 0 saturated heterocycles. The van der Waals surface area contributed by atoms with Gasteiger partial charge in [0.25, 0.3) is 10.0 Å². The molecular weight excluding hydrogens is 228 g/mol. The predicted octanol–water partition coefficient (Wildman–Crippen LogP) is -0.563. The lowest BCUT2D eigenvalue weighted by Gasteiger charge is -2.13. The van der Waals surface area contributed by atoms with Crippen LogP contribution in [0.3, 0.4) is 0 Å². The minimum Gasteiger partial charge on any atom is -0.330 e. The number of aromatic nitrogens is 2. The Morgan fingerprint density at radius 3 is 2.75 bits per heavy atom. The van der Waals surface area contributed by atoms with Crippen LogP contribution in [0.5, 0.6) is 0 Å². The summed E-state index contributed by atoms with van der Waals surface area (Å²) in [6.45, 7) is 0.942. The third kappa shape index (κ3) is 2.11. The first-order chi connectivity index (χ1) is 7.49. The molecule has 2 rings (SSSR count). The van der Waals surface area contributed by atoms with Crippen molar-refractivity contribution in [2.24, 2.45) is 18.2 Å². The second-order valence-corrected chi connectivity index (χ2v) is 6.04. The quantitative estimate of drug-likeness (QED) is 0.726. The van der Waals surface area contributed by atoms with Gasteiger partial charge in [-0.1, -0.05) is 0 Å². The lowest BCUT2D eigenvalue weighted by molar-refractivity contribution is 0.496. The maximum atomic E-state index is 11.9. The van der Waals surface area contributed by atoms with E-state index in [1.54, 1.807) is 7.05 Å². The molecule has 7 heteroatoms. The van der Waals surface area contributed by atoms with Gasteiger partial charge in [0.2, 0.25) is 0 Å². The van der Waals surface area contributed by atoms with Gasteiger partial charge in [0, 0.05) is 13.6 Å². The average molecular weight is 244 g/mol. The number of nitrogens with one attached hydrogen (secondary N) is 1. The molecule has 0 aromatic carbocycles. The minimum absolute atomic E-state index is 0.00827. The van der Waals surface area contributed by atoms with Crippen LogP contribution in [0.1, 0.15) is 12.8 Å². The topological polar surface area (TPSA) is 90.0 Å². The van der Waals surface area contributed by atoms with Crippen LogP contribution in [0.4, 0.5) is 0 Å². The zero-order valence-electron chi connectivity index (χ0n) is 9.18. The molecule has 0 aliphatic heterocycles. The van der Waals surface area contributed by atoms with Gasteiger partial charge in [0.15, 0.2) is 5.03 Å². The average Bonchev–Trinajstić information content (AvgIpc) is 2.91. The van der Waals surface area contributed by atoms with Crippen LogP contribution < -0.4 is 10.5 Å². The van der Waals surface area contributed by atoms with E-state index in [0.29, 0.717) is 13.1 Å². The normalized spacial score (nSPS) is 18.6. The Kier molecular flexibility index (Phi) is 2.77. The van der Waals surface area contributed by atoms with Crippen molar-refractivity contribution in [3.63, 3.8) is 0 Å². The first-order valence-corrected chi connectivity index (χ1v) is 6.65. The monoisotopic (exact) mass is 244 g/mol. The molecule has 1 aromatic rings. The summed E-state index contributed by atoms with van der Waals surface area (Å²) in [4.78, 5) is 0. The summed E-state index contributed by atoms with van der Waals surface area (Å²) in [6, 6.07) is 1.48. The highest BCUT2D eigenvalue weighted by atomic mass is 32.2. The van der Waals surface area contributed by atoms with Crippen molar-refractivity contribution in [3.05, 3.63) is 12.3 Å². The van der Waals surface area contributed by atoms with Gasteiger partial charge in [0.05, 0.1) is 6.20 Å². The first-order valence-electron chi connectivity index (χ1n) is 5.17. The molecule has 1 aromatic heterocycles. The number of sulfonamides is 1. The van der Waals surface area contributed by atoms with Gasteiger partial charge in [-0.25, -0.2) is 13.1 Å². The van der Waals surface area contributed by atoms with Crippen molar-refractivity contribution in [2.45, 2.75) is 17.9 Å². The van der Waals surface area contributed by atoms with Crippen LogP contribution in [0, 0.1) is 5.41 Å². The van der Waals surface area contributed by atoms with Gasteiger partial charge in [-0.05, 0) is 30.9 Å². The number of rotatable bonds is 5. The molecule has 1 saturated carbocycles. The van der Waals surface area contributed by atoms with Crippen LogP contribution in [0.15, 0.2) is 17.3 Å². The van der Waals surface area contributed by atoms with E-state index in [9.17, 15) is 8.42 Å². The molecule has 1 fully saturated rings. The largest absolute Gasteiger partial charge is 0.330 e. The number of hydrogen-bond donors (Lipinski definition) is 2. The third-order valence-electron chi connectivity index (χ3n) is 3.08. The van der Waals surface area contributed by atoms with E-state index in [4.69, 9.17) is 5.73 Å². The van der Waals surface area contributed by atoms with Crippen molar-refractivity contribution < 1.29 is 8.42 Å². The van der Waals surface area contributed by atoms with Crippen LogP contribution >= 0.6 is 0 Å². The van der Waals surface area contributed by atoms with E-state index < -0.39 is 10.0 Å². The standard InChI is InChI=1S/C9H16N4O2S/c1-13-8(2-5-11-13)16(14,15)12-7-9(6-10)3-4-9/h2,5,12H,3-4,6-7,10H2,1H3. The van der Waals surface area contributed by atoms with Crippen molar-refractivity contribution in [3.8, 4) is 0 Å². The van der Waals surface area contributed by atoms with Crippen LogP contribution in [0.2, 0.25) is 0 Å². The smallest absolute Gasteiger partial charge is 0.257 e. The fourth-order valence-corrected chi connectivity index (χ4v) is 2.86. The van der Waals surface area contributed by atoms with Crippen LogP contribution in [-0.2, 0) is 17.1 Å². The van der Waals surface area contributed by atoms with Crippen molar-refractivity contribution in [1.29, 1.82) is 0 Å². The van der Waals surface area contributed by atoms with Gasteiger partial charge in [-0.2, -0.15) is 5.10 Å². The van der Waals surface area contributed by atoms with Crippen molar-refractivity contribution in [2.75, 3.05) is 13.1 Å². The highest BCUT2D eigenvalue weighted by Gasteiger charge is 2.42. The second-order valence-electron chi connectivity index (χ2n) is 4.32. The SMILES string of the molecule is Cn1nccc1S(=O)(=O)NCC1(CN)CC1. The first kappa shape index (κ1) is 11.6. The summed E-state index contributed by atoms with van der Waals surface area (Å²) in [5, 5.41) is 4.02. The van der Waals surface area contributed by atoms with E-state index >= 15 is 0 Å². The molecule has 1 aliphatic rings. The molecule has 1 aliphatic carbocycles. The molecule has 0 spiro atoms. The fraction of sp³-hybridized carbons (Fsp3) is 0.667. The van der Waals surface area contributed by atoms with Gasteiger partial charge in [-0.15, -0.1) is 0 Å². The van der Waals surface area contributed by atoms with E-state index in [1.807, 2.05) is 0 Å². The molecule has 0 atom stereocenters. The van der Waals surface area contributed by atoms with Gasteiger partial charge in [0.1, 0.15) is 0 Å². The number of aryl methyl sites for hydroxylation is 1. The zero-order chi connectivity index (χ0) is 11.8. The Hall–Kier alpha value is -0.920. The molecule has 0 radical (unpaired) electrons. The van der Waals surface area contributed by atoms with E-state index in [-0.39, 0.29) is 10.4 Å². The maximum Gasteiger partial charge on any atom is 0.257 e. The lowest BCUT2D eigenvalue weighted by atomic mass is 10.1. The zero-order valence-corrected chi connectivity index (χ0v) is 10.00. The van der Waals surface area contributed by atoms with Crippen molar-refractivity contribution in [1.82, 2.24) is 14.5 Å². The molecule has 90 valence electrons. The molecule has 0 bridgehead atoms. The van der Waals surface area contributed by atoms with E-state index in [1.165, 1.54) is 16.9 Å². The molecule has 16 heavy (non-hydrogen) atoms. The maximum absolute atomic E-state index is 11.9. The minimum atomic E-state index is -3.46. The van der Waals surface area contributed by atoms with Gasteiger partial charge in [-0.3, -0.25) is 4.68 Å². The molecule has 0 unspecified atom stereocenters. The number of hydrogen-bond acceptors (Lipinski definition) is 4. The Labute approximate surface area is 94.9 Å². The predicted molar refractivity (Wildman–Crippen MR) is 59.1 cm³/mol. The molecule has 1 heterocycles.